The van der Waals surface area contributed by atoms with Gasteiger partial charge in [-0.15, -0.1) is 10.2 Å². The molecule has 3 rings (SSSR count). The van der Waals surface area contributed by atoms with Crippen LogP contribution in [0.5, 0.6) is 0 Å². The van der Waals surface area contributed by atoms with Crippen molar-refractivity contribution < 1.29 is 4.79 Å². The summed E-state index contributed by atoms with van der Waals surface area (Å²) in [5.41, 5.74) is 3.74. The molecule has 1 heterocycles. The lowest BCUT2D eigenvalue weighted by atomic mass is 9.97. The van der Waals surface area contributed by atoms with E-state index < -0.39 is 0 Å². The molecule has 1 aromatic heterocycles. The van der Waals surface area contributed by atoms with Gasteiger partial charge in [-0.3, -0.25) is 4.79 Å². The number of benzene rings is 1. The van der Waals surface area contributed by atoms with Gasteiger partial charge in [-0.05, 0) is 58.4 Å². The Morgan fingerprint density at radius 2 is 2.11 bits per heavy atom. The van der Waals surface area contributed by atoms with Gasteiger partial charge in [0, 0.05) is 18.7 Å². The van der Waals surface area contributed by atoms with Crippen molar-refractivity contribution in [2.75, 3.05) is 6.54 Å². The number of nitrogens with one attached hydrogen (secondary N) is 1. The summed E-state index contributed by atoms with van der Waals surface area (Å²) in [6.45, 7) is 7.57. The Bertz CT molecular complexity index is 843. The van der Waals surface area contributed by atoms with Crippen LogP contribution in [0, 0.1) is 6.92 Å². The highest BCUT2D eigenvalue weighted by Crippen LogP contribution is 2.28. The van der Waals surface area contributed by atoms with E-state index in [0.717, 1.165) is 29.5 Å². The van der Waals surface area contributed by atoms with Crippen molar-refractivity contribution in [1.29, 1.82) is 0 Å². The third kappa shape index (κ3) is 5.04. The summed E-state index contributed by atoms with van der Waals surface area (Å²) >= 11 is 1.47. The van der Waals surface area contributed by atoms with Gasteiger partial charge >= 0.3 is 0 Å². The first-order chi connectivity index (χ1) is 13.6. The summed E-state index contributed by atoms with van der Waals surface area (Å²) in [5, 5.41) is 12.4. The van der Waals surface area contributed by atoms with Crippen LogP contribution in [0.3, 0.4) is 0 Å². The largest absolute Gasteiger partial charge is 0.355 e. The van der Waals surface area contributed by atoms with Crippen LogP contribution in [-0.4, -0.2) is 32.5 Å². The van der Waals surface area contributed by atoms with Crippen LogP contribution >= 0.6 is 11.8 Å². The quantitative estimate of drug-likeness (QED) is 0.514. The highest BCUT2D eigenvalue weighted by molar-refractivity contribution is 8.00. The van der Waals surface area contributed by atoms with Crippen molar-refractivity contribution in [3.8, 4) is 11.4 Å². The van der Waals surface area contributed by atoms with Gasteiger partial charge in [0.15, 0.2) is 11.0 Å². The number of nitrogens with zero attached hydrogens (tertiary/aromatic N) is 3. The fraction of sp³-hybridized carbons (Fsp3) is 0.500. The third-order valence-corrected chi connectivity index (χ3v) is 6.28. The predicted molar refractivity (Wildman–Crippen MR) is 115 cm³/mol. The molecule has 28 heavy (non-hydrogen) atoms. The van der Waals surface area contributed by atoms with Crippen LogP contribution in [0.25, 0.3) is 11.4 Å². The number of rotatable bonds is 8. The van der Waals surface area contributed by atoms with E-state index in [0.29, 0.717) is 6.54 Å². The van der Waals surface area contributed by atoms with Crippen LogP contribution in [-0.2, 0) is 11.3 Å². The second-order valence-electron chi connectivity index (χ2n) is 7.27. The van der Waals surface area contributed by atoms with Gasteiger partial charge in [-0.1, -0.05) is 47.7 Å². The van der Waals surface area contributed by atoms with Gasteiger partial charge in [0.25, 0.3) is 0 Å². The normalized spacial score (nSPS) is 15.2. The first kappa shape index (κ1) is 20.6. The lowest BCUT2D eigenvalue weighted by Gasteiger charge is -2.15. The zero-order valence-corrected chi connectivity index (χ0v) is 17.9. The number of carbonyl (C=O) groups is 1. The van der Waals surface area contributed by atoms with Crippen molar-refractivity contribution >= 4 is 17.7 Å². The molecule has 0 saturated heterocycles. The molecule has 0 unspecified atom stereocenters. The molecular formula is C22H30N4OS. The lowest BCUT2D eigenvalue weighted by molar-refractivity contribution is -0.120. The van der Waals surface area contributed by atoms with E-state index in [1.807, 2.05) is 19.1 Å². The third-order valence-electron chi connectivity index (χ3n) is 5.20. The van der Waals surface area contributed by atoms with Crippen molar-refractivity contribution in [2.45, 2.75) is 69.8 Å². The molecule has 0 radical (unpaired) electrons. The van der Waals surface area contributed by atoms with E-state index >= 15 is 0 Å². The second kappa shape index (κ2) is 9.92. The van der Waals surface area contributed by atoms with Crippen LogP contribution in [0.4, 0.5) is 0 Å². The molecular weight excluding hydrogens is 368 g/mol. The van der Waals surface area contributed by atoms with E-state index in [1.165, 1.54) is 48.6 Å². The minimum Gasteiger partial charge on any atom is -0.355 e. The molecule has 1 aromatic carbocycles. The zero-order valence-electron chi connectivity index (χ0n) is 17.1. The molecule has 150 valence electrons. The molecule has 0 bridgehead atoms. The SMILES string of the molecule is CCn1c(S[C@@H](C)C(=O)NCCC2=CCCCC2)nnc1-c1ccccc1C. The number of hydrogen-bond donors (Lipinski definition) is 1. The number of aromatic nitrogens is 3. The van der Waals surface area contributed by atoms with Gasteiger partial charge in [0.1, 0.15) is 0 Å². The Hall–Kier alpha value is -2.08. The van der Waals surface area contributed by atoms with Crippen LogP contribution in [0.15, 0.2) is 41.1 Å². The number of aryl methyl sites for hydroxylation is 1. The number of amides is 1. The Morgan fingerprint density at radius 3 is 2.82 bits per heavy atom. The summed E-state index contributed by atoms with van der Waals surface area (Å²) in [5.74, 6) is 0.921. The summed E-state index contributed by atoms with van der Waals surface area (Å²) in [6.07, 6.45) is 8.25. The lowest BCUT2D eigenvalue weighted by Crippen LogP contribution is -2.32. The molecule has 0 saturated carbocycles. The Kier molecular flexibility index (Phi) is 7.31. The molecule has 1 amide bonds. The predicted octanol–water partition coefficient (Wildman–Crippen LogP) is 4.76. The maximum atomic E-state index is 12.5. The molecule has 0 aliphatic heterocycles. The fourth-order valence-electron chi connectivity index (χ4n) is 3.52. The van der Waals surface area contributed by atoms with Crippen LogP contribution in [0.1, 0.15) is 51.5 Å². The molecule has 1 aliphatic carbocycles. The number of allylic oxidation sites excluding steroid dienone is 1. The van der Waals surface area contributed by atoms with Crippen molar-refractivity contribution in [2.24, 2.45) is 0 Å². The summed E-state index contributed by atoms with van der Waals surface area (Å²) < 4.78 is 2.09. The van der Waals surface area contributed by atoms with Gasteiger partial charge in [0.05, 0.1) is 5.25 Å². The smallest absolute Gasteiger partial charge is 0.233 e. The second-order valence-corrected chi connectivity index (χ2v) is 8.58. The topological polar surface area (TPSA) is 59.8 Å². The van der Waals surface area contributed by atoms with E-state index in [2.05, 4.69) is 52.1 Å². The van der Waals surface area contributed by atoms with E-state index in [9.17, 15) is 4.79 Å². The average Bonchev–Trinajstić information content (AvgIpc) is 3.11. The Balaban J connectivity index is 1.60. The minimum atomic E-state index is -0.209. The van der Waals surface area contributed by atoms with Crippen molar-refractivity contribution in [3.63, 3.8) is 0 Å². The molecule has 1 aliphatic rings. The monoisotopic (exact) mass is 398 g/mol. The molecule has 1 atom stereocenters. The molecule has 0 spiro atoms. The van der Waals surface area contributed by atoms with Crippen LogP contribution < -0.4 is 5.32 Å². The Morgan fingerprint density at radius 1 is 1.29 bits per heavy atom. The number of thioether (sulfide) groups is 1. The molecule has 5 nitrogen and oxygen atoms in total. The minimum absolute atomic E-state index is 0.0597. The Labute approximate surface area is 172 Å². The first-order valence-electron chi connectivity index (χ1n) is 10.2. The maximum Gasteiger partial charge on any atom is 0.233 e. The van der Waals surface area contributed by atoms with Crippen LogP contribution in [0.2, 0.25) is 0 Å². The molecule has 0 fully saturated rings. The van der Waals surface area contributed by atoms with Gasteiger partial charge < -0.3 is 9.88 Å². The van der Waals surface area contributed by atoms with Gasteiger partial charge in [0.2, 0.25) is 5.91 Å². The highest BCUT2D eigenvalue weighted by Gasteiger charge is 2.20. The average molecular weight is 399 g/mol. The van der Waals surface area contributed by atoms with E-state index in [-0.39, 0.29) is 11.2 Å². The summed E-state index contributed by atoms with van der Waals surface area (Å²) in [7, 11) is 0. The fourth-order valence-corrected chi connectivity index (χ4v) is 4.45. The van der Waals surface area contributed by atoms with Gasteiger partial charge in [-0.2, -0.15) is 0 Å². The van der Waals surface area contributed by atoms with Gasteiger partial charge in [-0.25, -0.2) is 0 Å². The van der Waals surface area contributed by atoms with Crippen molar-refractivity contribution in [3.05, 3.63) is 41.5 Å². The summed E-state index contributed by atoms with van der Waals surface area (Å²) in [6, 6.07) is 8.18. The zero-order chi connectivity index (χ0) is 19.9. The molecule has 6 heteroatoms. The maximum absolute atomic E-state index is 12.5. The molecule has 2 aromatic rings. The first-order valence-corrected chi connectivity index (χ1v) is 11.1. The highest BCUT2D eigenvalue weighted by atomic mass is 32.2. The number of carbonyl (C=O) groups excluding carboxylic acids is 1. The van der Waals surface area contributed by atoms with E-state index in [1.54, 1.807) is 0 Å². The van der Waals surface area contributed by atoms with E-state index in [4.69, 9.17) is 0 Å². The van der Waals surface area contributed by atoms with Crippen molar-refractivity contribution in [1.82, 2.24) is 20.1 Å². The summed E-state index contributed by atoms with van der Waals surface area (Å²) in [4.78, 5) is 12.5. The number of hydrogen-bond acceptors (Lipinski definition) is 4. The molecule has 1 N–H and O–H groups in total. The standard InChI is InChI=1S/C22H30N4OS/c1-4-26-20(19-13-9-8-10-16(19)2)24-25-22(26)28-17(3)21(27)23-15-14-18-11-6-5-7-12-18/h8-11,13,17H,4-7,12,14-15H2,1-3H3,(H,23,27)/t17-/m0/s1.